The van der Waals surface area contributed by atoms with Crippen molar-refractivity contribution in [3.63, 3.8) is 0 Å². The van der Waals surface area contributed by atoms with Crippen molar-refractivity contribution in [1.82, 2.24) is 4.98 Å². The smallest absolute Gasteiger partial charge is 0.232 e. The number of aromatic nitrogens is 2. The van der Waals surface area contributed by atoms with Gasteiger partial charge in [-0.1, -0.05) is 31.0 Å². The molecule has 1 fully saturated rings. The van der Waals surface area contributed by atoms with Crippen molar-refractivity contribution in [2.75, 3.05) is 0 Å². The van der Waals surface area contributed by atoms with Crippen molar-refractivity contribution < 1.29 is 4.57 Å². The number of fused-ring (bicyclic) bond motifs is 1. The Morgan fingerprint density at radius 1 is 1.04 bits per heavy atom. The van der Waals surface area contributed by atoms with Gasteiger partial charge in [-0.05, 0) is 72.5 Å². The lowest BCUT2D eigenvalue weighted by atomic mass is 9.89. The first-order chi connectivity index (χ1) is 11.6. The molecular formula is C22H25N2+. The first kappa shape index (κ1) is 15.3. The first-order valence-corrected chi connectivity index (χ1v) is 9.00. The van der Waals surface area contributed by atoms with E-state index in [4.69, 9.17) is 0 Å². The molecule has 1 heterocycles. The highest BCUT2D eigenvalue weighted by molar-refractivity contribution is 5.91. The Hall–Kier alpha value is -2.22. The van der Waals surface area contributed by atoms with E-state index in [2.05, 4.69) is 66.8 Å². The minimum atomic E-state index is 0.737. The second-order valence-corrected chi connectivity index (χ2v) is 7.21. The molecule has 0 atom stereocenters. The van der Waals surface area contributed by atoms with Crippen molar-refractivity contribution in [1.29, 1.82) is 0 Å². The highest BCUT2D eigenvalue weighted by Gasteiger charge is 2.22. The maximum Gasteiger partial charge on any atom is 0.287 e. The summed E-state index contributed by atoms with van der Waals surface area (Å²) in [7, 11) is 2.10. The van der Waals surface area contributed by atoms with Crippen LogP contribution in [0.4, 0.5) is 0 Å². The van der Waals surface area contributed by atoms with E-state index < -0.39 is 0 Å². The van der Waals surface area contributed by atoms with E-state index in [9.17, 15) is 0 Å². The van der Waals surface area contributed by atoms with Crippen molar-refractivity contribution in [3.8, 4) is 11.3 Å². The van der Waals surface area contributed by atoms with E-state index in [1.165, 1.54) is 59.0 Å². The summed E-state index contributed by atoms with van der Waals surface area (Å²) < 4.78 is 2.17. The predicted molar refractivity (Wildman–Crippen MR) is 99.0 cm³/mol. The van der Waals surface area contributed by atoms with Gasteiger partial charge in [0.05, 0.1) is 12.4 Å². The summed E-state index contributed by atoms with van der Waals surface area (Å²) >= 11 is 0. The largest absolute Gasteiger partial charge is 0.287 e. The lowest BCUT2D eigenvalue weighted by Gasteiger charge is -2.17. The fourth-order valence-electron chi connectivity index (χ4n) is 4.15. The molecule has 24 heavy (non-hydrogen) atoms. The van der Waals surface area contributed by atoms with Crippen LogP contribution in [0, 0.1) is 13.8 Å². The van der Waals surface area contributed by atoms with Crippen molar-refractivity contribution in [3.05, 3.63) is 59.4 Å². The molecule has 4 rings (SSSR count). The molecule has 1 aliphatic rings. The molecule has 3 aromatic rings. The molecule has 0 saturated heterocycles. The van der Waals surface area contributed by atoms with Gasteiger partial charge in [-0.3, -0.25) is 0 Å². The average Bonchev–Trinajstić information content (AvgIpc) is 3.12. The third kappa shape index (κ3) is 2.50. The first-order valence-electron chi connectivity index (χ1n) is 9.00. The van der Waals surface area contributed by atoms with Gasteiger partial charge in [0.1, 0.15) is 5.69 Å². The number of hydrogen-bond donors (Lipinski definition) is 0. The van der Waals surface area contributed by atoms with Crippen molar-refractivity contribution >= 4 is 10.9 Å². The van der Waals surface area contributed by atoms with Gasteiger partial charge in [-0.2, -0.15) is 0 Å². The Morgan fingerprint density at radius 3 is 2.58 bits per heavy atom. The summed E-state index contributed by atoms with van der Waals surface area (Å²) in [6.45, 7) is 4.50. The summed E-state index contributed by atoms with van der Waals surface area (Å²) in [5.74, 6) is 0.737. The average molecular weight is 317 g/mol. The van der Waals surface area contributed by atoms with Gasteiger partial charge in [-0.25, -0.2) is 4.57 Å². The summed E-state index contributed by atoms with van der Waals surface area (Å²) in [6, 6.07) is 13.3. The third-order valence-electron chi connectivity index (χ3n) is 5.65. The molecule has 0 radical (unpaired) electrons. The summed E-state index contributed by atoms with van der Waals surface area (Å²) in [5.41, 5.74) is 8.00. The Kier molecular flexibility index (Phi) is 3.84. The normalized spacial score (nSPS) is 15.3. The van der Waals surface area contributed by atoms with Gasteiger partial charge in [0, 0.05) is 5.56 Å². The third-order valence-corrected chi connectivity index (χ3v) is 5.65. The van der Waals surface area contributed by atoms with Crippen molar-refractivity contribution in [2.24, 2.45) is 7.05 Å². The van der Waals surface area contributed by atoms with Crippen LogP contribution in [-0.4, -0.2) is 4.98 Å². The molecule has 0 aliphatic heterocycles. The molecule has 0 N–H and O–H groups in total. The standard InChI is InChI=1S/C22H25N2/c1-15-12-18(17-8-4-5-9-17)13-20(16(15)2)22-19-10-6-7-11-21(19)23-14-24(22)3/h6-7,10-14,17H,4-5,8-9H2,1-3H3/q+1. The molecule has 0 amide bonds. The van der Waals surface area contributed by atoms with Crippen LogP contribution in [0.1, 0.15) is 48.3 Å². The van der Waals surface area contributed by atoms with Crippen LogP contribution in [-0.2, 0) is 7.05 Å². The van der Waals surface area contributed by atoms with E-state index in [-0.39, 0.29) is 0 Å². The molecule has 2 aromatic carbocycles. The zero-order chi connectivity index (χ0) is 16.7. The highest BCUT2D eigenvalue weighted by Crippen LogP contribution is 2.38. The monoisotopic (exact) mass is 317 g/mol. The number of nitrogens with zero attached hydrogens (tertiary/aromatic N) is 2. The van der Waals surface area contributed by atoms with Gasteiger partial charge in [0.25, 0.3) is 6.33 Å². The fraction of sp³-hybridized carbons (Fsp3) is 0.364. The molecule has 1 saturated carbocycles. The van der Waals surface area contributed by atoms with Gasteiger partial charge in [-0.15, -0.1) is 0 Å². The van der Waals surface area contributed by atoms with Gasteiger partial charge >= 0.3 is 0 Å². The zero-order valence-corrected chi connectivity index (χ0v) is 14.8. The van der Waals surface area contributed by atoms with Crippen LogP contribution < -0.4 is 4.57 Å². The van der Waals surface area contributed by atoms with Crippen LogP contribution in [0.15, 0.2) is 42.7 Å². The summed E-state index contributed by atoms with van der Waals surface area (Å²) in [4.78, 5) is 4.58. The number of para-hydroxylation sites is 1. The highest BCUT2D eigenvalue weighted by atomic mass is 15.0. The van der Waals surface area contributed by atoms with Gasteiger partial charge in [0.15, 0.2) is 5.52 Å². The lowest BCUT2D eigenvalue weighted by molar-refractivity contribution is -0.662. The zero-order valence-electron chi connectivity index (χ0n) is 14.8. The fourth-order valence-corrected chi connectivity index (χ4v) is 4.15. The molecule has 0 bridgehead atoms. The molecule has 0 spiro atoms. The van der Waals surface area contributed by atoms with Crippen LogP contribution in [0.3, 0.4) is 0 Å². The molecule has 2 heteroatoms. The Balaban J connectivity index is 1.98. The molecule has 1 aromatic heterocycles. The summed E-state index contributed by atoms with van der Waals surface area (Å²) in [6.07, 6.45) is 7.36. The number of rotatable bonds is 2. The molecule has 1 aliphatic carbocycles. The molecule has 2 nitrogen and oxygen atoms in total. The Labute approximate surface area is 144 Å². The number of hydrogen-bond acceptors (Lipinski definition) is 1. The topological polar surface area (TPSA) is 16.8 Å². The molecule has 0 unspecified atom stereocenters. The predicted octanol–water partition coefficient (Wildman–Crippen LogP) is 5.00. The quantitative estimate of drug-likeness (QED) is 0.608. The van der Waals surface area contributed by atoms with Crippen LogP contribution in [0.5, 0.6) is 0 Å². The lowest BCUT2D eigenvalue weighted by Crippen LogP contribution is -2.32. The van der Waals surface area contributed by atoms with E-state index in [0.29, 0.717) is 0 Å². The maximum absolute atomic E-state index is 4.58. The van der Waals surface area contributed by atoms with Gasteiger partial charge < -0.3 is 0 Å². The van der Waals surface area contributed by atoms with E-state index in [0.717, 1.165) is 11.4 Å². The second kappa shape index (κ2) is 6.01. The second-order valence-electron chi connectivity index (χ2n) is 7.21. The number of benzene rings is 2. The summed E-state index contributed by atoms with van der Waals surface area (Å²) in [5, 5.41) is 1.23. The van der Waals surface area contributed by atoms with Crippen molar-refractivity contribution in [2.45, 2.75) is 45.4 Å². The van der Waals surface area contributed by atoms with Gasteiger partial charge in [0.2, 0.25) is 0 Å². The SMILES string of the molecule is Cc1cc(C2CCCC2)cc(-c2c3ccccc3nc[n+]2C)c1C. The van der Waals surface area contributed by atoms with E-state index >= 15 is 0 Å². The van der Waals surface area contributed by atoms with Crippen LogP contribution >= 0.6 is 0 Å². The van der Waals surface area contributed by atoms with E-state index in [1.54, 1.807) is 0 Å². The Morgan fingerprint density at radius 2 is 1.79 bits per heavy atom. The van der Waals surface area contributed by atoms with Crippen LogP contribution in [0.2, 0.25) is 0 Å². The molecular weight excluding hydrogens is 292 g/mol. The minimum absolute atomic E-state index is 0.737. The number of aryl methyl sites for hydroxylation is 2. The maximum atomic E-state index is 4.58. The van der Waals surface area contributed by atoms with E-state index in [1.807, 2.05) is 6.33 Å². The molecule has 122 valence electrons. The minimum Gasteiger partial charge on any atom is -0.232 e. The van der Waals surface area contributed by atoms with Crippen LogP contribution in [0.25, 0.3) is 22.2 Å². The Bertz CT molecular complexity index is 905.